The molecule has 6 nitrogen and oxygen atoms in total. The molecule has 1 unspecified atom stereocenters. The summed E-state index contributed by atoms with van der Waals surface area (Å²) in [4.78, 5) is 25.4. The summed E-state index contributed by atoms with van der Waals surface area (Å²) in [6.07, 6.45) is 0.638. The molecule has 1 aromatic carbocycles. The molecule has 0 aromatic heterocycles. The van der Waals surface area contributed by atoms with Crippen molar-refractivity contribution < 1.29 is 24.2 Å². The number of carbonyl (C=O) groups excluding carboxylic acids is 2. The van der Waals surface area contributed by atoms with Crippen molar-refractivity contribution >= 4 is 23.5 Å². The molecule has 0 bridgehead atoms. The van der Waals surface area contributed by atoms with Gasteiger partial charge in [0.25, 0.3) is 5.91 Å². The molecule has 0 radical (unpaired) electrons. The third-order valence-corrected chi connectivity index (χ3v) is 3.81. The molecule has 0 saturated heterocycles. The molecule has 0 spiro atoms. The Kier molecular flexibility index (Phi) is 9.19. The second-order valence-corrected chi connectivity index (χ2v) is 5.51. The van der Waals surface area contributed by atoms with Gasteiger partial charge < -0.3 is 19.5 Å². The highest BCUT2D eigenvalue weighted by atomic mass is 35.5. The molecular formula is C17H24ClNO5. The molecule has 0 aliphatic carbocycles. The second kappa shape index (κ2) is 10.9. The summed E-state index contributed by atoms with van der Waals surface area (Å²) in [5.74, 6) is -0.287. The van der Waals surface area contributed by atoms with E-state index in [9.17, 15) is 14.7 Å². The lowest BCUT2D eigenvalue weighted by molar-refractivity contribution is -0.145. The number of para-hydroxylation sites is 1. The lowest BCUT2D eigenvalue weighted by atomic mass is 10.2. The van der Waals surface area contributed by atoms with Gasteiger partial charge in [0.15, 0.2) is 6.61 Å². The first-order valence-electron chi connectivity index (χ1n) is 7.96. The number of aliphatic hydroxyl groups excluding tert-OH is 1. The van der Waals surface area contributed by atoms with Crippen LogP contribution < -0.4 is 4.74 Å². The Hall–Kier alpha value is -1.79. The standard InChI is InChI=1S/C17H24ClNO5/c1-3-13(11-20)19(10-9-17(22)23-4-2)16(21)12-24-15-8-6-5-7-14(15)18/h5-8,13,20H,3-4,9-12H2,1-2H3. The minimum absolute atomic E-state index is 0.0716. The van der Waals surface area contributed by atoms with E-state index in [1.807, 2.05) is 6.92 Å². The van der Waals surface area contributed by atoms with Crippen molar-refractivity contribution in [1.82, 2.24) is 4.90 Å². The Morgan fingerprint density at radius 3 is 2.58 bits per heavy atom. The van der Waals surface area contributed by atoms with Crippen molar-refractivity contribution in [3.05, 3.63) is 29.3 Å². The highest BCUT2D eigenvalue weighted by Crippen LogP contribution is 2.23. The molecule has 0 aliphatic rings. The summed E-state index contributed by atoms with van der Waals surface area (Å²) >= 11 is 5.99. The average Bonchev–Trinajstić information content (AvgIpc) is 2.58. The van der Waals surface area contributed by atoms with E-state index in [1.54, 1.807) is 31.2 Å². The first kappa shape index (κ1) is 20.3. The van der Waals surface area contributed by atoms with Gasteiger partial charge in [0.2, 0.25) is 0 Å². The second-order valence-electron chi connectivity index (χ2n) is 5.11. The van der Waals surface area contributed by atoms with Crippen molar-refractivity contribution in [2.45, 2.75) is 32.7 Å². The third-order valence-electron chi connectivity index (χ3n) is 3.49. The summed E-state index contributed by atoms with van der Waals surface area (Å²) in [7, 11) is 0. The number of rotatable bonds is 10. The molecule has 0 aliphatic heterocycles. The van der Waals surface area contributed by atoms with Gasteiger partial charge in [-0.1, -0.05) is 30.7 Å². The Labute approximate surface area is 147 Å². The van der Waals surface area contributed by atoms with Gasteiger partial charge in [-0.25, -0.2) is 0 Å². The number of amides is 1. The Morgan fingerprint density at radius 2 is 2.00 bits per heavy atom. The first-order chi connectivity index (χ1) is 11.5. The fraction of sp³-hybridized carbons (Fsp3) is 0.529. The summed E-state index contributed by atoms with van der Waals surface area (Å²) < 4.78 is 10.3. The Balaban J connectivity index is 2.68. The zero-order chi connectivity index (χ0) is 17.9. The molecule has 0 saturated carbocycles. The Bertz CT molecular complexity index is 533. The number of aliphatic hydroxyl groups is 1. The minimum atomic E-state index is -0.380. The molecular weight excluding hydrogens is 334 g/mol. The van der Waals surface area contributed by atoms with Crippen LogP contribution in [0.15, 0.2) is 24.3 Å². The van der Waals surface area contributed by atoms with Gasteiger partial charge in [0.1, 0.15) is 5.75 Å². The molecule has 1 rings (SSSR count). The quantitative estimate of drug-likeness (QED) is 0.650. The van der Waals surface area contributed by atoms with Crippen LogP contribution in [0.2, 0.25) is 5.02 Å². The normalized spacial score (nSPS) is 11.7. The maximum absolute atomic E-state index is 12.5. The van der Waals surface area contributed by atoms with E-state index in [-0.39, 0.29) is 44.1 Å². The van der Waals surface area contributed by atoms with Gasteiger partial charge in [-0.05, 0) is 25.5 Å². The van der Waals surface area contributed by atoms with E-state index in [1.165, 1.54) is 4.90 Å². The molecule has 1 aromatic rings. The van der Waals surface area contributed by atoms with E-state index in [0.29, 0.717) is 23.8 Å². The van der Waals surface area contributed by atoms with Crippen LogP contribution in [0.3, 0.4) is 0 Å². The molecule has 0 heterocycles. The zero-order valence-electron chi connectivity index (χ0n) is 14.0. The van der Waals surface area contributed by atoms with Crippen molar-refractivity contribution in [2.24, 2.45) is 0 Å². The van der Waals surface area contributed by atoms with E-state index in [2.05, 4.69) is 0 Å². The number of hydrogen-bond acceptors (Lipinski definition) is 5. The van der Waals surface area contributed by atoms with Gasteiger partial charge in [-0.2, -0.15) is 0 Å². The molecule has 1 amide bonds. The van der Waals surface area contributed by atoms with Gasteiger partial charge in [-0.3, -0.25) is 9.59 Å². The van der Waals surface area contributed by atoms with Gasteiger partial charge in [-0.15, -0.1) is 0 Å². The number of hydrogen-bond donors (Lipinski definition) is 1. The van der Waals surface area contributed by atoms with E-state index in [4.69, 9.17) is 21.1 Å². The average molecular weight is 358 g/mol. The monoisotopic (exact) mass is 357 g/mol. The predicted molar refractivity (Wildman–Crippen MR) is 91.1 cm³/mol. The maximum atomic E-state index is 12.5. The number of carbonyl (C=O) groups is 2. The minimum Gasteiger partial charge on any atom is -0.482 e. The lowest BCUT2D eigenvalue weighted by Crippen LogP contribution is -2.45. The molecule has 1 N–H and O–H groups in total. The smallest absolute Gasteiger partial charge is 0.307 e. The fourth-order valence-electron chi connectivity index (χ4n) is 2.19. The number of ether oxygens (including phenoxy) is 2. The van der Waals surface area contributed by atoms with Gasteiger partial charge >= 0.3 is 5.97 Å². The van der Waals surface area contributed by atoms with Crippen molar-refractivity contribution in [3.63, 3.8) is 0 Å². The zero-order valence-corrected chi connectivity index (χ0v) is 14.8. The Morgan fingerprint density at radius 1 is 1.29 bits per heavy atom. The number of nitrogens with zero attached hydrogens (tertiary/aromatic N) is 1. The van der Waals surface area contributed by atoms with Crippen LogP contribution in [0.1, 0.15) is 26.7 Å². The van der Waals surface area contributed by atoms with E-state index < -0.39 is 0 Å². The topological polar surface area (TPSA) is 76.1 Å². The van der Waals surface area contributed by atoms with Crippen LogP contribution >= 0.6 is 11.6 Å². The van der Waals surface area contributed by atoms with Gasteiger partial charge in [0, 0.05) is 6.54 Å². The summed E-state index contributed by atoms with van der Waals surface area (Å²) in [5.41, 5.74) is 0. The van der Waals surface area contributed by atoms with Crippen molar-refractivity contribution in [1.29, 1.82) is 0 Å². The number of esters is 1. The SMILES string of the molecule is CCOC(=O)CCN(C(=O)COc1ccccc1Cl)C(CC)CO. The van der Waals surface area contributed by atoms with E-state index in [0.717, 1.165) is 0 Å². The maximum Gasteiger partial charge on any atom is 0.307 e. The molecule has 1 atom stereocenters. The third kappa shape index (κ3) is 6.37. The van der Waals surface area contributed by atoms with Crippen LogP contribution in [0.25, 0.3) is 0 Å². The summed E-state index contributed by atoms with van der Waals surface area (Å²) in [6, 6.07) is 6.49. The molecule has 7 heteroatoms. The van der Waals surface area contributed by atoms with Crippen LogP contribution in [0.5, 0.6) is 5.75 Å². The van der Waals surface area contributed by atoms with Crippen molar-refractivity contribution in [3.8, 4) is 5.75 Å². The highest BCUT2D eigenvalue weighted by Gasteiger charge is 2.23. The molecule has 24 heavy (non-hydrogen) atoms. The van der Waals surface area contributed by atoms with Crippen LogP contribution in [-0.4, -0.2) is 54.3 Å². The van der Waals surface area contributed by atoms with Crippen LogP contribution in [0.4, 0.5) is 0 Å². The highest BCUT2D eigenvalue weighted by molar-refractivity contribution is 6.32. The van der Waals surface area contributed by atoms with Gasteiger partial charge in [0.05, 0.1) is 30.7 Å². The lowest BCUT2D eigenvalue weighted by Gasteiger charge is -2.29. The summed E-state index contributed by atoms with van der Waals surface area (Å²) in [6.45, 7) is 3.64. The summed E-state index contributed by atoms with van der Waals surface area (Å²) in [5, 5.41) is 9.89. The van der Waals surface area contributed by atoms with Crippen LogP contribution in [0, 0.1) is 0 Å². The molecule has 134 valence electrons. The van der Waals surface area contributed by atoms with E-state index >= 15 is 0 Å². The number of benzene rings is 1. The fourth-order valence-corrected chi connectivity index (χ4v) is 2.38. The largest absolute Gasteiger partial charge is 0.482 e. The predicted octanol–water partition coefficient (Wildman–Crippen LogP) is 2.27. The van der Waals surface area contributed by atoms with Crippen molar-refractivity contribution in [2.75, 3.05) is 26.4 Å². The molecule has 0 fully saturated rings. The van der Waals surface area contributed by atoms with Crippen LogP contribution in [-0.2, 0) is 14.3 Å². The number of halogens is 1. The first-order valence-corrected chi connectivity index (χ1v) is 8.34.